The van der Waals surface area contributed by atoms with Gasteiger partial charge in [0.05, 0.1) is 5.56 Å². The highest BCUT2D eigenvalue weighted by molar-refractivity contribution is 5.29. The van der Waals surface area contributed by atoms with Crippen molar-refractivity contribution in [1.82, 2.24) is 10.2 Å². The molecule has 1 N–H and O–H groups in total. The van der Waals surface area contributed by atoms with E-state index in [-0.39, 0.29) is 0 Å². The molecule has 0 aromatic heterocycles. The molecule has 20 heavy (non-hydrogen) atoms. The van der Waals surface area contributed by atoms with E-state index in [9.17, 15) is 13.2 Å². The maximum absolute atomic E-state index is 13.0. The van der Waals surface area contributed by atoms with Crippen LogP contribution in [0.5, 0.6) is 0 Å². The molecular formula is C15H21F3N2. The van der Waals surface area contributed by atoms with Crippen molar-refractivity contribution in [3.8, 4) is 0 Å². The van der Waals surface area contributed by atoms with Crippen LogP contribution in [0.15, 0.2) is 24.3 Å². The van der Waals surface area contributed by atoms with E-state index in [1.54, 1.807) is 12.1 Å². The number of rotatable bonds is 4. The average Bonchev–Trinajstić information content (AvgIpc) is 2.39. The van der Waals surface area contributed by atoms with Crippen molar-refractivity contribution < 1.29 is 13.2 Å². The first-order valence-corrected chi connectivity index (χ1v) is 7.02. The zero-order valence-electron chi connectivity index (χ0n) is 11.7. The van der Waals surface area contributed by atoms with Gasteiger partial charge in [0.15, 0.2) is 0 Å². The molecule has 112 valence electrons. The number of nitrogens with one attached hydrogen (secondary N) is 1. The molecule has 1 heterocycles. The summed E-state index contributed by atoms with van der Waals surface area (Å²) in [7, 11) is 1.91. The van der Waals surface area contributed by atoms with Gasteiger partial charge in [0.2, 0.25) is 0 Å². The van der Waals surface area contributed by atoms with Crippen LogP contribution >= 0.6 is 0 Å². The third-order valence-electron chi connectivity index (χ3n) is 3.81. The molecule has 1 fully saturated rings. The molecule has 1 aliphatic heterocycles. The summed E-state index contributed by atoms with van der Waals surface area (Å²) in [6.07, 6.45) is -2.06. The molecule has 0 saturated carbocycles. The Bertz CT molecular complexity index is 429. The zero-order valence-corrected chi connectivity index (χ0v) is 11.7. The first-order chi connectivity index (χ1) is 9.50. The van der Waals surface area contributed by atoms with E-state index in [0.717, 1.165) is 32.5 Å². The van der Waals surface area contributed by atoms with Crippen molar-refractivity contribution in [2.24, 2.45) is 5.92 Å². The molecule has 2 rings (SSSR count). The fraction of sp³-hybridized carbons (Fsp3) is 0.600. The molecule has 1 unspecified atom stereocenters. The highest BCUT2D eigenvalue weighted by atomic mass is 19.4. The molecule has 0 aliphatic carbocycles. The lowest BCUT2D eigenvalue weighted by molar-refractivity contribution is -0.138. The van der Waals surface area contributed by atoms with Crippen molar-refractivity contribution in [3.05, 3.63) is 35.4 Å². The van der Waals surface area contributed by atoms with Gasteiger partial charge in [-0.05, 0) is 50.5 Å². The summed E-state index contributed by atoms with van der Waals surface area (Å²) in [5, 5.41) is 3.15. The molecule has 0 radical (unpaired) electrons. The number of hydrogen-bond donors (Lipinski definition) is 1. The van der Waals surface area contributed by atoms with Crippen LogP contribution in [0.2, 0.25) is 0 Å². The summed E-state index contributed by atoms with van der Waals surface area (Å²) in [4.78, 5) is 2.14. The van der Waals surface area contributed by atoms with Gasteiger partial charge < -0.3 is 5.32 Å². The largest absolute Gasteiger partial charge is 0.416 e. The Morgan fingerprint density at radius 3 is 2.75 bits per heavy atom. The van der Waals surface area contributed by atoms with Crippen LogP contribution in [0.4, 0.5) is 13.2 Å². The van der Waals surface area contributed by atoms with Crippen LogP contribution in [-0.2, 0) is 12.7 Å². The van der Waals surface area contributed by atoms with E-state index in [0.29, 0.717) is 18.0 Å². The fourth-order valence-corrected chi connectivity index (χ4v) is 2.93. The van der Waals surface area contributed by atoms with E-state index in [4.69, 9.17) is 0 Å². The lowest BCUT2D eigenvalue weighted by atomic mass is 9.97. The molecule has 1 aromatic carbocycles. The monoisotopic (exact) mass is 286 g/mol. The maximum atomic E-state index is 13.0. The van der Waals surface area contributed by atoms with Gasteiger partial charge in [-0.1, -0.05) is 18.2 Å². The van der Waals surface area contributed by atoms with E-state index in [2.05, 4.69) is 10.2 Å². The van der Waals surface area contributed by atoms with Crippen molar-refractivity contribution in [2.75, 3.05) is 26.7 Å². The van der Waals surface area contributed by atoms with Crippen LogP contribution in [0.25, 0.3) is 0 Å². The van der Waals surface area contributed by atoms with Gasteiger partial charge in [0.1, 0.15) is 0 Å². The van der Waals surface area contributed by atoms with Gasteiger partial charge in [-0.3, -0.25) is 4.90 Å². The number of hydrogen-bond acceptors (Lipinski definition) is 2. The Morgan fingerprint density at radius 1 is 1.30 bits per heavy atom. The molecule has 1 atom stereocenters. The highest BCUT2D eigenvalue weighted by Gasteiger charge is 2.33. The van der Waals surface area contributed by atoms with E-state index in [1.165, 1.54) is 12.1 Å². The molecule has 0 bridgehead atoms. The summed E-state index contributed by atoms with van der Waals surface area (Å²) in [5.41, 5.74) is -0.124. The minimum Gasteiger partial charge on any atom is -0.319 e. The van der Waals surface area contributed by atoms with Crippen LogP contribution in [0, 0.1) is 5.92 Å². The Balaban J connectivity index is 2.06. The summed E-state index contributed by atoms with van der Waals surface area (Å²) in [6.45, 7) is 3.06. The second kappa shape index (κ2) is 6.59. The second-order valence-corrected chi connectivity index (χ2v) is 5.46. The Hall–Kier alpha value is -1.07. The third-order valence-corrected chi connectivity index (χ3v) is 3.81. The number of nitrogens with zero attached hydrogens (tertiary/aromatic N) is 1. The molecule has 1 aromatic rings. The van der Waals surface area contributed by atoms with Crippen molar-refractivity contribution in [2.45, 2.75) is 25.6 Å². The second-order valence-electron chi connectivity index (χ2n) is 5.46. The van der Waals surface area contributed by atoms with E-state index >= 15 is 0 Å². The topological polar surface area (TPSA) is 15.3 Å². The van der Waals surface area contributed by atoms with Gasteiger partial charge in [-0.2, -0.15) is 13.2 Å². The first-order valence-electron chi connectivity index (χ1n) is 7.02. The summed E-state index contributed by atoms with van der Waals surface area (Å²) < 4.78 is 38.9. The maximum Gasteiger partial charge on any atom is 0.416 e. The zero-order chi connectivity index (χ0) is 14.6. The number of piperidine rings is 1. The Labute approximate surface area is 118 Å². The molecule has 1 aliphatic rings. The fourth-order valence-electron chi connectivity index (χ4n) is 2.93. The Morgan fingerprint density at radius 2 is 2.05 bits per heavy atom. The molecule has 1 saturated heterocycles. The average molecular weight is 286 g/mol. The van der Waals surface area contributed by atoms with Gasteiger partial charge in [0.25, 0.3) is 0 Å². The van der Waals surface area contributed by atoms with Crippen LogP contribution in [0.3, 0.4) is 0 Å². The predicted molar refractivity (Wildman–Crippen MR) is 73.4 cm³/mol. The van der Waals surface area contributed by atoms with E-state index in [1.807, 2.05) is 7.05 Å². The standard InChI is InChI=1S/C15H21F3N2/c1-19-9-12-5-4-8-20(10-12)11-13-6-2-3-7-14(13)15(16,17)18/h2-3,6-7,12,19H,4-5,8-11H2,1H3. The summed E-state index contributed by atoms with van der Waals surface area (Å²) >= 11 is 0. The van der Waals surface area contributed by atoms with Crippen LogP contribution in [0.1, 0.15) is 24.0 Å². The Kier molecular flexibility index (Phi) is 5.05. The van der Waals surface area contributed by atoms with Crippen molar-refractivity contribution in [1.29, 1.82) is 0 Å². The summed E-state index contributed by atoms with van der Waals surface area (Å²) in [6, 6.07) is 5.89. The first kappa shape index (κ1) is 15.3. The minimum absolute atomic E-state index is 0.380. The predicted octanol–water partition coefficient (Wildman–Crippen LogP) is 3.14. The number of alkyl halides is 3. The van der Waals surface area contributed by atoms with Crippen LogP contribution in [-0.4, -0.2) is 31.6 Å². The smallest absolute Gasteiger partial charge is 0.319 e. The number of halogens is 3. The number of likely N-dealkylation sites (tertiary alicyclic amines) is 1. The third kappa shape index (κ3) is 3.96. The van der Waals surface area contributed by atoms with E-state index < -0.39 is 11.7 Å². The molecular weight excluding hydrogens is 265 g/mol. The van der Waals surface area contributed by atoms with Gasteiger partial charge in [0, 0.05) is 13.1 Å². The van der Waals surface area contributed by atoms with Gasteiger partial charge in [-0.25, -0.2) is 0 Å². The lowest BCUT2D eigenvalue weighted by Gasteiger charge is -2.33. The molecule has 0 spiro atoms. The SMILES string of the molecule is CNCC1CCCN(Cc2ccccc2C(F)(F)F)C1. The highest BCUT2D eigenvalue weighted by Crippen LogP contribution is 2.32. The van der Waals surface area contributed by atoms with Crippen molar-refractivity contribution in [3.63, 3.8) is 0 Å². The molecule has 5 heteroatoms. The molecule has 0 amide bonds. The summed E-state index contributed by atoms with van der Waals surface area (Å²) in [5.74, 6) is 0.534. The van der Waals surface area contributed by atoms with Crippen molar-refractivity contribution >= 4 is 0 Å². The minimum atomic E-state index is -4.27. The van der Waals surface area contributed by atoms with Gasteiger partial charge >= 0.3 is 6.18 Å². The normalized spacial score (nSPS) is 21.1. The quantitative estimate of drug-likeness (QED) is 0.915. The lowest BCUT2D eigenvalue weighted by Crippen LogP contribution is -2.38. The number of benzene rings is 1. The molecule has 2 nitrogen and oxygen atoms in total. The van der Waals surface area contributed by atoms with Gasteiger partial charge in [-0.15, -0.1) is 0 Å². The van der Waals surface area contributed by atoms with Crippen LogP contribution < -0.4 is 5.32 Å².